The summed E-state index contributed by atoms with van der Waals surface area (Å²) in [6.45, 7) is 2.53. The van der Waals surface area contributed by atoms with E-state index in [1.54, 1.807) is 6.07 Å². The topological polar surface area (TPSA) is 62.5 Å². The van der Waals surface area contributed by atoms with Gasteiger partial charge in [0.2, 0.25) is 5.76 Å². The molecular weight excluding hydrogens is 310 g/mol. The quantitative estimate of drug-likeness (QED) is 0.882. The Morgan fingerprint density at radius 2 is 2.21 bits per heavy atom. The van der Waals surface area contributed by atoms with Gasteiger partial charge in [0.05, 0.1) is 6.54 Å². The summed E-state index contributed by atoms with van der Waals surface area (Å²) in [5.74, 6) is -0.475. The molecule has 19 heavy (non-hydrogen) atoms. The number of rotatable bonds is 5. The Morgan fingerprint density at radius 1 is 1.42 bits per heavy atom. The molecular formula is C14H14BrNO3. The van der Waals surface area contributed by atoms with Crippen molar-refractivity contribution in [2.45, 2.75) is 19.5 Å². The minimum atomic E-state index is -1.05. The first-order valence-electron chi connectivity index (χ1n) is 5.87. The zero-order chi connectivity index (χ0) is 13.8. The van der Waals surface area contributed by atoms with Crippen molar-refractivity contribution in [1.82, 2.24) is 5.32 Å². The molecule has 0 saturated carbocycles. The third kappa shape index (κ3) is 3.68. The van der Waals surface area contributed by atoms with Gasteiger partial charge in [-0.3, -0.25) is 0 Å². The summed E-state index contributed by atoms with van der Waals surface area (Å²) in [7, 11) is 0. The molecule has 0 saturated heterocycles. The minimum absolute atomic E-state index is 0.0353. The first-order chi connectivity index (χ1) is 9.06. The second-order valence-corrected chi connectivity index (χ2v) is 5.14. The van der Waals surface area contributed by atoms with Crippen molar-refractivity contribution in [3.8, 4) is 0 Å². The Morgan fingerprint density at radius 3 is 2.84 bits per heavy atom. The third-order valence-electron chi connectivity index (χ3n) is 2.80. The van der Waals surface area contributed by atoms with Crippen molar-refractivity contribution in [3.05, 3.63) is 58.0 Å². The van der Waals surface area contributed by atoms with Crippen molar-refractivity contribution in [3.63, 3.8) is 0 Å². The van der Waals surface area contributed by atoms with Gasteiger partial charge in [-0.1, -0.05) is 28.1 Å². The van der Waals surface area contributed by atoms with E-state index < -0.39 is 5.97 Å². The first-order valence-corrected chi connectivity index (χ1v) is 6.66. The molecule has 1 aromatic carbocycles. The van der Waals surface area contributed by atoms with Crippen LogP contribution in [0.5, 0.6) is 0 Å². The highest BCUT2D eigenvalue weighted by atomic mass is 79.9. The molecule has 0 spiro atoms. The summed E-state index contributed by atoms with van der Waals surface area (Å²) in [4.78, 5) is 10.7. The fraction of sp³-hybridized carbons (Fsp3) is 0.214. The van der Waals surface area contributed by atoms with Crippen LogP contribution < -0.4 is 5.32 Å². The van der Waals surface area contributed by atoms with Crippen molar-refractivity contribution in [1.29, 1.82) is 0 Å². The molecule has 4 nitrogen and oxygen atoms in total. The zero-order valence-electron chi connectivity index (χ0n) is 10.4. The standard InChI is InChI=1S/C14H14BrNO3/c1-9(10-3-2-4-11(15)7-10)16-8-12-5-6-13(19-12)14(17)18/h2-7,9,16H,8H2,1H3,(H,17,18)/t9-/m1/s1. The SMILES string of the molecule is C[C@@H](NCc1ccc(C(=O)O)o1)c1cccc(Br)c1. The molecule has 0 fully saturated rings. The molecule has 2 rings (SSSR count). The summed E-state index contributed by atoms with van der Waals surface area (Å²) in [6, 6.07) is 11.3. The molecule has 0 amide bonds. The van der Waals surface area contributed by atoms with Crippen LogP contribution in [0.15, 0.2) is 45.3 Å². The van der Waals surface area contributed by atoms with Crippen LogP contribution in [0, 0.1) is 0 Å². The summed E-state index contributed by atoms with van der Waals surface area (Å²) in [5, 5.41) is 12.1. The number of carboxylic acids is 1. The molecule has 0 aliphatic carbocycles. The minimum Gasteiger partial charge on any atom is -0.475 e. The number of halogens is 1. The Kier molecular flexibility index (Phi) is 4.39. The molecule has 0 aliphatic heterocycles. The number of carboxylic acid groups (broad SMARTS) is 1. The lowest BCUT2D eigenvalue weighted by molar-refractivity contribution is 0.0660. The van der Waals surface area contributed by atoms with Gasteiger partial charge in [-0.2, -0.15) is 0 Å². The number of carbonyl (C=O) groups is 1. The lowest BCUT2D eigenvalue weighted by Crippen LogP contribution is -2.17. The summed E-state index contributed by atoms with van der Waals surface area (Å²) in [6.07, 6.45) is 0. The lowest BCUT2D eigenvalue weighted by Gasteiger charge is -2.13. The van der Waals surface area contributed by atoms with E-state index >= 15 is 0 Å². The van der Waals surface area contributed by atoms with E-state index in [-0.39, 0.29) is 11.8 Å². The average molecular weight is 324 g/mol. The Balaban J connectivity index is 1.96. The highest BCUT2D eigenvalue weighted by Crippen LogP contribution is 2.18. The van der Waals surface area contributed by atoms with Gasteiger partial charge in [0.15, 0.2) is 0 Å². The normalized spacial score (nSPS) is 12.3. The predicted molar refractivity (Wildman–Crippen MR) is 75.1 cm³/mol. The van der Waals surface area contributed by atoms with Gasteiger partial charge < -0.3 is 14.8 Å². The molecule has 100 valence electrons. The van der Waals surface area contributed by atoms with Crippen molar-refractivity contribution < 1.29 is 14.3 Å². The number of furan rings is 1. The number of hydrogen-bond donors (Lipinski definition) is 2. The summed E-state index contributed by atoms with van der Waals surface area (Å²) >= 11 is 3.43. The number of nitrogens with one attached hydrogen (secondary N) is 1. The Bertz CT molecular complexity index is 580. The van der Waals surface area contributed by atoms with E-state index in [1.807, 2.05) is 31.2 Å². The van der Waals surface area contributed by atoms with E-state index in [0.717, 1.165) is 10.0 Å². The maximum Gasteiger partial charge on any atom is 0.371 e. The van der Waals surface area contributed by atoms with Crippen molar-refractivity contribution >= 4 is 21.9 Å². The molecule has 5 heteroatoms. The van der Waals surface area contributed by atoms with Gasteiger partial charge in [-0.25, -0.2) is 4.79 Å². The maximum atomic E-state index is 10.7. The van der Waals surface area contributed by atoms with Crippen LogP contribution in [0.4, 0.5) is 0 Å². The summed E-state index contributed by atoms with van der Waals surface area (Å²) < 4.78 is 6.22. The van der Waals surface area contributed by atoms with Gasteiger partial charge >= 0.3 is 5.97 Å². The summed E-state index contributed by atoms with van der Waals surface area (Å²) in [5.41, 5.74) is 1.15. The molecule has 2 aromatic rings. The maximum absolute atomic E-state index is 10.7. The van der Waals surface area contributed by atoms with E-state index in [0.29, 0.717) is 12.3 Å². The van der Waals surface area contributed by atoms with Crippen LogP contribution in [-0.4, -0.2) is 11.1 Å². The van der Waals surface area contributed by atoms with Crippen molar-refractivity contribution in [2.24, 2.45) is 0 Å². The molecule has 0 radical (unpaired) electrons. The van der Waals surface area contributed by atoms with Crippen LogP contribution in [0.3, 0.4) is 0 Å². The van der Waals surface area contributed by atoms with Crippen LogP contribution in [0.2, 0.25) is 0 Å². The van der Waals surface area contributed by atoms with Gasteiger partial charge in [0.25, 0.3) is 0 Å². The first kappa shape index (κ1) is 13.8. The predicted octanol–water partition coefficient (Wildman–Crippen LogP) is 3.59. The van der Waals surface area contributed by atoms with Crippen LogP contribution in [0.1, 0.15) is 34.8 Å². The third-order valence-corrected chi connectivity index (χ3v) is 3.30. The van der Waals surface area contributed by atoms with E-state index in [1.165, 1.54) is 6.07 Å². The number of aromatic carboxylic acids is 1. The average Bonchev–Trinajstić information content (AvgIpc) is 2.85. The molecule has 1 heterocycles. The molecule has 0 unspecified atom stereocenters. The van der Waals surface area contributed by atoms with Crippen molar-refractivity contribution in [2.75, 3.05) is 0 Å². The molecule has 2 N–H and O–H groups in total. The van der Waals surface area contributed by atoms with Crippen LogP contribution >= 0.6 is 15.9 Å². The largest absolute Gasteiger partial charge is 0.475 e. The van der Waals surface area contributed by atoms with Gasteiger partial charge in [-0.05, 0) is 36.8 Å². The van der Waals surface area contributed by atoms with Gasteiger partial charge in [0, 0.05) is 10.5 Å². The Hall–Kier alpha value is -1.59. The van der Waals surface area contributed by atoms with E-state index in [9.17, 15) is 4.79 Å². The van der Waals surface area contributed by atoms with Gasteiger partial charge in [-0.15, -0.1) is 0 Å². The van der Waals surface area contributed by atoms with E-state index in [2.05, 4.69) is 21.2 Å². The second-order valence-electron chi connectivity index (χ2n) is 4.23. The highest BCUT2D eigenvalue weighted by molar-refractivity contribution is 9.10. The van der Waals surface area contributed by atoms with Crippen LogP contribution in [-0.2, 0) is 6.54 Å². The fourth-order valence-electron chi connectivity index (χ4n) is 1.74. The molecule has 1 atom stereocenters. The number of benzene rings is 1. The molecule has 1 aromatic heterocycles. The van der Waals surface area contributed by atoms with Crippen LogP contribution in [0.25, 0.3) is 0 Å². The monoisotopic (exact) mass is 323 g/mol. The van der Waals surface area contributed by atoms with E-state index in [4.69, 9.17) is 9.52 Å². The second kappa shape index (κ2) is 6.04. The lowest BCUT2D eigenvalue weighted by atomic mass is 10.1. The molecule has 0 aliphatic rings. The zero-order valence-corrected chi connectivity index (χ0v) is 12.0. The number of hydrogen-bond acceptors (Lipinski definition) is 3. The smallest absolute Gasteiger partial charge is 0.371 e. The molecule has 0 bridgehead atoms. The highest BCUT2D eigenvalue weighted by Gasteiger charge is 2.10. The van der Waals surface area contributed by atoms with Gasteiger partial charge in [0.1, 0.15) is 5.76 Å². The fourth-order valence-corrected chi connectivity index (χ4v) is 2.15. The Labute approximate surface area is 119 Å².